The number of aromatic amines is 1. The highest BCUT2D eigenvalue weighted by molar-refractivity contribution is 7.15. The van der Waals surface area contributed by atoms with Crippen LogP contribution in [0.25, 0.3) is 10.7 Å². The van der Waals surface area contributed by atoms with Crippen LogP contribution in [0.3, 0.4) is 0 Å². The van der Waals surface area contributed by atoms with E-state index in [0.29, 0.717) is 6.04 Å². The summed E-state index contributed by atoms with van der Waals surface area (Å²) in [5.74, 6) is 1.69. The third-order valence-corrected chi connectivity index (χ3v) is 4.68. The van der Waals surface area contributed by atoms with Crippen molar-refractivity contribution in [2.45, 2.75) is 26.8 Å². The molecule has 0 saturated carbocycles. The number of nitrogens with one attached hydrogen (secondary N) is 2. The van der Waals surface area contributed by atoms with Crippen molar-refractivity contribution in [3.63, 3.8) is 0 Å². The molecule has 0 bridgehead atoms. The Morgan fingerprint density at radius 2 is 2.26 bits per heavy atom. The molecule has 19 heavy (non-hydrogen) atoms. The summed E-state index contributed by atoms with van der Waals surface area (Å²) in [5, 5.41) is 10.8. The molecule has 0 amide bonds. The minimum absolute atomic E-state index is 0.488. The molecule has 1 aliphatic heterocycles. The zero-order valence-corrected chi connectivity index (χ0v) is 12.3. The van der Waals surface area contributed by atoms with Crippen molar-refractivity contribution < 1.29 is 0 Å². The van der Waals surface area contributed by atoms with Crippen LogP contribution in [0, 0.1) is 13.8 Å². The summed E-state index contributed by atoms with van der Waals surface area (Å²) in [6.45, 7) is 9.36. The smallest absolute Gasteiger partial charge is 0.245 e. The molecule has 2 aromatic heterocycles. The van der Waals surface area contributed by atoms with Gasteiger partial charge in [0.15, 0.2) is 5.82 Å². The Kier molecular flexibility index (Phi) is 3.28. The Morgan fingerprint density at radius 1 is 1.42 bits per heavy atom. The van der Waals surface area contributed by atoms with Crippen LogP contribution in [0.5, 0.6) is 0 Å². The number of piperazine rings is 1. The lowest BCUT2D eigenvalue weighted by Gasteiger charge is -2.30. The molecule has 1 aliphatic rings. The molecule has 2 N–H and O–H groups in total. The number of anilines is 1. The van der Waals surface area contributed by atoms with Crippen molar-refractivity contribution in [2.24, 2.45) is 0 Å². The maximum atomic E-state index is 4.63. The summed E-state index contributed by atoms with van der Waals surface area (Å²) in [7, 11) is 0. The molecule has 3 rings (SSSR count). The van der Waals surface area contributed by atoms with Gasteiger partial charge in [-0.25, -0.2) is 0 Å². The molecule has 102 valence electrons. The van der Waals surface area contributed by atoms with Gasteiger partial charge in [-0.15, -0.1) is 16.4 Å². The van der Waals surface area contributed by atoms with Crippen LogP contribution in [-0.4, -0.2) is 40.9 Å². The molecule has 0 unspecified atom stereocenters. The lowest BCUT2D eigenvalue weighted by molar-refractivity contribution is 0.480. The zero-order valence-electron chi connectivity index (χ0n) is 11.5. The largest absolute Gasteiger partial charge is 0.337 e. The minimum Gasteiger partial charge on any atom is -0.337 e. The highest BCUT2D eigenvalue weighted by Gasteiger charge is 2.20. The summed E-state index contributed by atoms with van der Waals surface area (Å²) in [6, 6.07) is 2.66. The Balaban J connectivity index is 1.82. The second kappa shape index (κ2) is 4.94. The van der Waals surface area contributed by atoms with Crippen LogP contribution < -0.4 is 10.2 Å². The van der Waals surface area contributed by atoms with Crippen LogP contribution in [0.2, 0.25) is 0 Å². The van der Waals surface area contributed by atoms with Crippen molar-refractivity contribution in [3.05, 3.63) is 16.5 Å². The predicted octanol–water partition coefficient (Wildman–Crippen LogP) is 1.95. The average molecular weight is 277 g/mol. The molecule has 1 saturated heterocycles. The van der Waals surface area contributed by atoms with Crippen molar-refractivity contribution in [2.75, 3.05) is 24.5 Å². The molecule has 5 nitrogen and oxygen atoms in total. The Bertz CT molecular complexity index is 554. The van der Waals surface area contributed by atoms with Gasteiger partial charge in [0.1, 0.15) is 0 Å². The van der Waals surface area contributed by atoms with E-state index in [4.69, 9.17) is 0 Å². The maximum Gasteiger partial charge on any atom is 0.245 e. The fourth-order valence-electron chi connectivity index (χ4n) is 2.31. The molecule has 0 aromatic carbocycles. The van der Waals surface area contributed by atoms with Crippen molar-refractivity contribution in [1.29, 1.82) is 0 Å². The van der Waals surface area contributed by atoms with Gasteiger partial charge in [0.25, 0.3) is 0 Å². The number of aryl methyl sites for hydroxylation is 2. The fourth-order valence-corrected chi connectivity index (χ4v) is 3.28. The lowest BCUT2D eigenvalue weighted by Crippen LogP contribution is -2.49. The monoisotopic (exact) mass is 277 g/mol. The minimum atomic E-state index is 0.488. The predicted molar refractivity (Wildman–Crippen MR) is 78.8 cm³/mol. The summed E-state index contributed by atoms with van der Waals surface area (Å²) in [6.07, 6.45) is 0. The van der Waals surface area contributed by atoms with Gasteiger partial charge in [-0.1, -0.05) is 0 Å². The second-order valence-electron chi connectivity index (χ2n) is 5.14. The lowest BCUT2D eigenvalue weighted by atomic mass is 10.2. The van der Waals surface area contributed by atoms with Gasteiger partial charge in [-0.2, -0.15) is 4.98 Å². The zero-order chi connectivity index (χ0) is 13.4. The number of hydrogen-bond donors (Lipinski definition) is 2. The molecule has 0 spiro atoms. The first kappa shape index (κ1) is 12.6. The van der Waals surface area contributed by atoms with Gasteiger partial charge < -0.3 is 10.2 Å². The number of nitrogens with zero attached hydrogens (tertiary/aromatic N) is 3. The first-order chi connectivity index (χ1) is 9.13. The van der Waals surface area contributed by atoms with E-state index in [0.717, 1.165) is 36.3 Å². The van der Waals surface area contributed by atoms with Crippen molar-refractivity contribution >= 4 is 17.3 Å². The maximum absolute atomic E-state index is 4.63. The van der Waals surface area contributed by atoms with E-state index < -0.39 is 0 Å². The van der Waals surface area contributed by atoms with Crippen LogP contribution in [0.1, 0.15) is 17.4 Å². The van der Waals surface area contributed by atoms with Gasteiger partial charge in [0, 0.05) is 30.6 Å². The van der Waals surface area contributed by atoms with Crippen molar-refractivity contribution in [1.82, 2.24) is 20.5 Å². The summed E-state index contributed by atoms with van der Waals surface area (Å²) in [4.78, 5) is 9.37. The number of rotatable bonds is 2. The quantitative estimate of drug-likeness (QED) is 0.881. The first-order valence-electron chi connectivity index (χ1n) is 6.61. The second-order valence-corrected chi connectivity index (χ2v) is 6.39. The van der Waals surface area contributed by atoms with Gasteiger partial charge in [0.2, 0.25) is 5.95 Å². The SMILES string of the molecule is Cc1cc(-c2nc(N3CCN[C@@H](C)C3)n[nH]2)sc1C. The highest BCUT2D eigenvalue weighted by atomic mass is 32.1. The molecule has 1 fully saturated rings. The summed E-state index contributed by atoms with van der Waals surface area (Å²) in [5.41, 5.74) is 1.31. The highest BCUT2D eigenvalue weighted by Crippen LogP contribution is 2.29. The third-order valence-electron chi connectivity index (χ3n) is 3.52. The number of H-pyrrole nitrogens is 1. The fraction of sp³-hybridized carbons (Fsp3) is 0.538. The Morgan fingerprint density at radius 3 is 2.95 bits per heavy atom. The van der Waals surface area contributed by atoms with Crippen LogP contribution in [0.4, 0.5) is 5.95 Å². The van der Waals surface area contributed by atoms with E-state index in [2.05, 4.69) is 52.2 Å². The van der Waals surface area contributed by atoms with Gasteiger partial charge in [0.05, 0.1) is 4.88 Å². The number of hydrogen-bond acceptors (Lipinski definition) is 5. The first-order valence-corrected chi connectivity index (χ1v) is 7.43. The van der Waals surface area contributed by atoms with E-state index in [-0.39, 0.29) is 0 Å². The molecular weight excluding hydrogens is 258 g/mol. The Hall–Kier alpha value is -1.40. The summed E-state index contributed by atoms with van der Waals surface area (Å²) >= 11 is 1.76. The van der Waals surface area contributed by atoms with E-state index in [1.54, 1.807) is 11.3 Å². The number of thiophene rings is 1. The average Bonchev–Trinajstić information content (AvgIpc) is 2.97. The van der Waals surface area contributed by atoms with Crippen LogP contribution in [-0.2, 0) is 0 Å². The standard InChI is InChI=1S/C13H19N5S/c1-8-6-11(19-10(8)3)12-15-13(17-16-12)18-5-4-14-9(2)7-18/h6,9,14H,4-5,7H2,1-3H3,(H,15,16,17)/t9-/m0/s1. The van der Waals surface area contributed by atoms with E-state index in [9.17, 15) is 0 Å². The molecule has 1 atom stereocenters. The molecular formula is C13H19N5S. The molecule has 6 heteroatoms. The van der Waals surface area contributed by atoms with E-state index in [1.807, 2.05) is 0 Å². The molecule has 3 heterocycles. The molecule has 0 radical (unpaired) electrons. The van der Waals surface area contributed by atoms with Crippen molar-refractivity contribution in [3.8, 4) is 10.7 Å². The van der Waals surface area contributed by atoms with Gasteiger partial charge in [-0.05, 0) is 32.4 Å². The normalized spacial score (nSPS) is 19.9. The summed E-state index contributed by atoms with van der Waals surface area (Å²) < 4.78 is 0. The van der Waals surface area contributed by atoms with E-state index in [1.165, 1.54) is 10.4 Å². The molecule has 0 aliphatic carbocycles. The third kappa shape index (κ3) is 2.50. The van der Waals surface area contributed by atoms with E-state index >= 15 is 0 Å². The number of aromatic nitrogens is 3. The van der Waals surface area contributed by atoms with Crippen LogP contribution in [0.15, 0.2) is 6.07 Å². The molecule has 2 aromatic rings. The Labute approximate surface area is 117 Å². The van der Waals surface area contributed by atoms with Crippen LogP contribution >= 0.6 is 11.3 Å². The van der Waals surface area contributed by atoms with Gasteiger partial charge in [-0.3, -0.25) is 5.10 Å². The van der Waals surface area contributed by atoms with Gasteiger partial charge >= 0.3 is 0 Å². The topological polar surface area (TPSA) is 56.8 Å².